The summed E-state index contributed by atoms with van der Waals surface area (Å²) in [4.78, 5) is 13.6. The maximum atomic E-state index is 12.0. The number of benzene rings is 2. The second-order valence-corrected chi connectivity index (χ2v) is 5.69. The highest BCUT2D eigenvalue weighted by Crippen LogP contribution is 2.17. The first-order valence-electron chi connectivity index (χ1n) is 6.56. The molecule has 2 rings (SSSR count). The molecule has 0 unspecified atom stereocenters. The molecule has 0 heterocycles. The molecule has 0 fully saturated rings. The summed E-state index contributed by atoms with van der Waals surface area (Å²) in [5.41, 5.74) is 1.75. The van der Waals surface area contributed by atoms with E-state index in [0.717, 1.165) is 15.6 Å². The molecule has 4 nitrogen and oxygen atoms in total. The van der Waals surface area contributed by atoms with Crippen LogP contribution in [0.4, 0.5) is 4.79 Å². The minimum Gasteiger partial charge on any atom is -0.508 e. The van der Waals surface area contributed by atoms with Gasteiger partial charge in [0.25, 0.3) is 0 Å². The first-order valence-corrected chi connectivity index (χ1v) is 7.36. The molecule has 2 N–H and O–H groups in total. The SMILES string of the molecule is CN(Cc1ccccc1O)C(=O)NCc1ccc(Br)cc1. The molecule has 0 atom stereocenters. The molecule has 2 aromatic rings. The molecule has 0 aromatic heterocycles. The van der Waals surface area contributed by atoms with Gasteiger partial charge in [-0.2, -0.15) is 0 Å². The number of rotatable bonds is 4. The van der Waals surface area contributed by atoms with Gasteiger partial charge in [0.05, 0.1) is 6.54 Å². The van der Waals surface area contributed by atoms with E-state index in [2.05, 4.69) is 21.2 Å². The predicted molar refractivity (Wildman–Crippen MR) is 86.0 cm³/mol. The predicted octanol–water partition coefficient (Wildman–Crippen LogP) is 3.50. The number of nitrogens with one attached hydrogen (secondary N) is 1. The minimum absolute atomic E-state index is 0.179. The van der Waals surface area contributed by atoms with Gasteiger partial charge in [-0.05, 0) is 23.8 Å². The third kappa shape index (κ3) is 4.49. The van der Waals surface area contributed by atoms with Crippen LogP contribution in [-0.2, 0) is 13.1 Å². The van der Waals surface area contributed by atoms with E-state index in [0.29, 0.717) is 13.1 Å². The van der Waals surface area contributed by atoms with E-state index in [1.807, 2.05) is 30.3 Å². The number of carbonyl (C=O) groups is 1. The average molecular weight is 349 g/mol. The van der Waals surface area contributed by atoms with Crippen LogP contribution in [-0.4, -0.2) is 23.1 Å². The molecule has 21 heavy (non-hydrogen) atoms. The topological polar surface area (TPSA) is 52.6 Å². The van der Waals surface area contributed by atoms with Crippen molar-refractivity contribution in [3.05, 3.63) is 64.1 Å². The molecule has 5 heteroatoms. The second kappa shape index (κ2) is 7.13. The lowest BCUT2D eigenvalue weighted by atomic mass is 10.2. The van der Waals surface area contributed by atoms with Crippen molar-refractivity contribution in [3.63, 3.8) is 0 Å². The van der Waals surface area contributed by atoms with Crippen LogP contribution in [0.25, 0.3) is 0 Å². The molecule has 0 spiro atoms. The van der Waals surface area contributed by atoms with E-state index in [4.69, 9.17) is 0 Å². The minimum atomic E-state index is -0.179. The summed E-state index contributed by atoms with van der Waals surface area (Å²) in [6, 6.07) is 14.6. The van der Waals surface area contributed by atoms with Crippen LogP contribution in [0.15, 0.2) is 53.0 Å². The van der Waals surface area contributed by atoms with Crippen LogP contribution in [0.3, 0.4) is 0 Å². The van der Waals surface area contributed by atoms with Gasteiger partial charge in [0, 0.05) is 23.6 Å². The molecule has 0 aliphatic rings. The lowest BCUT2D eigenvalue weighted by molar-refractivity contribution is 0.206. The van der Waals surface area contributed by atoms with E-state index < -0.39 is 0 Å². The number of hydrogen-bond acceptors (Lipinski definition) is 2. The summed E-state index contributed by atoms with van der Waals surface area (Å²) in [5.74, 6) is 0.199. The first-order chi connectivity index (χ1) is 10.1. The fraction of sp³-hybridized carbons (Fsp3) is 0.188. The van der Waals surface area contributed by atoms with E-state index >= 15 is 0 Å². The summed E-state index contributed by atoms with van der Waals surface area (Å²) >= 11 is 3.37. The number of carbonyl (C=O) groups excluding carboxylic acids is 1. The van der Waals surface area contributed by atoms with Crippen molar-refractivity contribution in [1.29, 1.82) is 0 Å². The molecule has 0 aliphatic heterocycles. The van der Waals surface area contributed by atoms with Crippen LogP contribution >= 0.6 is 15.9 Å². The van der Waals surface area contributed by atoms with E-state index in [1.54, 1.807) is 25.2 Å². The molecule has 0 saturated heterocycles. The maximum absolute atomic E-state index is 12.0. The molecule has 2 aromatic carbocycles. The van der Waals surface area contributed by atoms with Crippen molar-refractivity contribution < 1.29 is 9.90 Å². The average Bonchev–Trinajstić information content (AvgIpc) is 2.48. The zero-order chi connectivity index (χ0) is 15.2. The Kier molecular flexibility index (Phi) is 5.22. The van der Waals surface area contributed by atoms with Crippen molar-refractivity contribution in [2.24, 2.45) is 0 Å². The Labute approximate surface area is 132 Å². The Morgan fingerprint density at radius 1 is 1.19 bits per heavy atom. The van der Waals surface area contributed by atoms with Crippen LogP contribution < -0.4 is 5.32 Å². The number of hydrogen-bond donors (Lipinski definition) is 2. The fourth-order valence-corrected chi connectivity index (χ4v) is 2.15. The Bertz CT molecular complexity index is 614. The number of phenolic OH excluding ortho intramolecular Hbond substituents is 1. The molecule has 0 bridgehead atoms. The van der Waals surface area contributed by atoms with Crippen molar-refractivity contribution in [3.8, 4) is 5.75 Å². The molecule has 0 aliphatic carbocycles. The van der Waals surface area contributed by atoms with Gasteiger partial charge in [0.1, 0.15) is 5.75 Å². The highest BCUT2D eigenvalue weighted by Gasteiger charge is 2.10. The summed E-state index contributed by atoms with van der Waals surface area (Å²) in [5, 5.41) is 12.6. The molecular weight excluding hydrogens is 332 g/mol. The number of amides is 2. The normalized spacial score (nSPS) is 10.2. The summed E-state index contributed by atoms with van der Waals surface area (Å²) in [6.07, 6.45) is 0. The lowest BCUT2D eigenvalue weighted by Crippen LogP contribution is -2.36. The van der Waals surface area contributed by atoms with Crippen LogP contribution in [0.5, 0.6) is 5.75 Å². The number of nitrogens with zero attached hydrogens (tertiary/aromatic N) is 1. The van der Waals surface area contributed by atoms with Crippen molar-refractivity contribution in [2.75, 3.05) is 7.05 Å². The van der Waals surface area contributed by atoms with Gasteiger partial charge in [-0.15, -0.1) is 0 Å². The lowest BCUT2D eigenvalue weighted by Gasteiger charge is -2.18. The first kappa shape index (κ1) is 15.4. The zero-order valence-corrected chi connectivity index (χ0v) is 13.3. The van der Waals surface area contributed by atoms with Gasteiger partial charge in [-0.1, -0.05) is 46.3 Å². The van der Waals surface area contributed by atoms with Crippen LogP contribution in [0.1, 0.15) is 11.1 Å². The van der Waals surface area contributed by atoms with Crippen molar-refractivity contribution in [2.45, 2.75) is 13.1 Å². The molecule has 0 radical (unpaired) electrons. The molecule has 0 saturated carbocycles. The second-order valence-electron chi connectivity index (χ2n) is 4.77. The van der Waals surface area contributed by atoms with Gasteiger partial charge in [-0.3, -0.25) is 0 Å². The van der Waals surface area contributed by atoms with Crippen molar-refractivity contribution >= 4 is 22.0 Å². The Morgan fingerprint density at radius 2 is 1.86 bits per heavy atom. The summed E-state index contributed by atoms with van der Waals surface area (Å²) in [7, 11) is 1.70. The number of urea groups is 1. The summed E-state index contributed by atoms with van der Waals surface area (Å²) < 4.78 is 1.01. The number of halogens is 1. The van der Waals surface area contributed by atoms with Gasteiger partial charge in [0.2, 0.25) is 0 Å². The monoisotopic (exact) mass is 348 g/mol. The standard InChI is InChI=1S/C16H17BrN2O2/c1-19(11-13-4-2-3-5-15(13)20)16(21)18-10-12-6-8-14(17)9-7-12/h2-9,20H,10-11H2,1H3,(H,18,21). The van der Waals surface area contributed by atoms with E-state index in [9.17, 15) is 9.90 Å². The van der Waals surface area contributed by atoms with E-state index in [1.165, 1.54) is 4.90 Å². The largest absolute Gasteiger partial charge is 0.508 e. The van der Waals surface area contributed by atoms with Crippen LogP contribution in [0, 0.1) is 0 Å². The maximum Gasteiger partial charge on any atom is 0.317 e. The summed E-state index contributed by atoms with van der Waals surface area (Å²) in [6.45, 7) is 0.829. The third-order valence-electron chi connectivity index (χ3n) is 3.10. The Balaban J connectivity index is 1.88. The number of phenols is 1. The molecule has 110 valence electrons. The highest BCUT2D eigenvalue weighted by atomic mass is 79.9. The smallest absolute Gasteiger partial charge is 0.317 e. The fourth-order valence-electron chi connectivity index (χ4n) is 1.89. The highest BCUT2D eigenvalue weighted by molar-refractivity contribution is 9.10. The number of aromatic hydroxyl groups is 1. The van der Waals surface area contributed by atoms with Gasteiger partial charge >= 0.3 is 6.03 Å². The third-order valence-corrected chi connectivity index (χ3v) is 3.63. The van der Waals surface area contributed by atoms with Crippen LogP contribution in [0.2, 0.25) is 0 Å². The quantitative estimate of drug-likeness (QED) is 0.888. The Morgan fingerprint density at radius 3 is 2.52 bits per heavy atom. The zero-order valence-electron chi connectivity index (χ0n) is 11.7. The molecule has 2 amide bonds. The Hall–Kier alpha value is -2.01. The van der Waals surface area contributed by atoms with Crippen molar-refractivity contribution in [1.82, 2.24) is 10.2 Å². The molecular formula is C16H17BrN2O2. The van der Waals surface area contributed by atoms with Gasteiger partial charge in [-0.25, -0.2) is 4.79 Å². The van der Waals surface area contributed by atoms with Gasteiger partial charge in [0.15, 0.2) is 0 Å². The van der Waals surface area contributed by atoms with E-state index in [-0.39, 0.29) is 11.8 Å². The number of para-hydroxylation sites is 1. The van der Waals surface area contributed by atoms with Gasteiger partial charge < -0.3 is 15.3 Å².